The maximum Gasteiger partial charge on any atom is 0.503 e. The van der Waals surface area contributed by atoms with Crippen LogP contribution in [0.1, 0.15) is 175 Å². The van der Waals surface area contributed by atoms with Crippen molar-refractivity contribution in [1.29, 1.82) is 0 Å². The van der Waals surface area contributed by atoms with Gasteiger partial charge in [0.05, 0.1) is 0 Å². The lowest BCUT2D eigenvalue weighted by Crippen LogP contribution is -2.61. The molecule has 0 aromatic rings. The summed E-state index contributed by atoms with van der Waals surface area (Å²) in [6.45, 7) is 6.60. The van der Waals surface area contributed by atoms with Crippen LogP contribution in [-0.2, 0) is 14.4 Å². The summed E-state index contributed by atoms with van der Waals surface area (Å²) in [5.41, 5.74) is 4.51. The van der Waals surface area contributed by atoms with E-state index in [9.17, 15) is 14.4 Å². The Morgan fingerprint density at radius 3 is 0.821 bits per heavy atom. The summed E-state index contributed by atoms with van der Waals surface area (Å²) in [5, 5.41) is 13.9. The first-order valence-corrected chi connectivity index (χ1v) is 16.0. The Labute approximate surface area is 239 Å². The summed E-state index contributed by atoms with van der Waals surface area (Å²) in [4.78, 5) is 47.9. The highest BCUT2D eigenvalue weighted by Gasteiger charge is 2.46. The van der Waals surface area contributed by atoms with Crippen molar-refractivity contribution in [2.24, 2.45) is 5.73 Å². The molecule has 0 atom stereocenters. The zero-order chi connectivity index (χ0) is 29.8. The first-order chi connectivity index (χ1) is 18.7. The second kappa shape index (κ2) is 27.8. The quantitative estimate of drug-likeness (QED) is 0.0679. The lowest BCUT2D eigenvalue weighted by Gasteiger charge is -2.25. The zero-order valence-corrected chi connectivity index (χ0v) is 25.6. The van der Waals surface area contributed by atoms with E-state index in [1.54, 1.807) is 0 Å². The zero-order valence-electron chi connectivity index (χ0n) is 25.6. The molecule has 4 N–H and O–H groups in total. The Hall–Kier alpha value is -1.76. The van der Waals surface area contributed by atoms with Gasteiger partial charge in [0, 0.05) is 19.3 Å². The standard InChI is InChI=1S/C31H59NO3.CH2O3/c1-4-7-10-13-16-19-22-25-28(33)31(32,29(34)26-23-20-17-14-11-8-5-2)30(35)27-24-21-18-15-12-9-6-3;2-1(3)4/h4-27,32H2,1-3H3;(H2,2,3,4). The first kappa shape index (κ1) is 39.4. The molecule has 0 spiro atoms. The molecule has 7 heteroatoms. The molecule has 0 aliphatic rings. The Morgan fingerprint density at radius 1 is 0.436 bits per heavy atom. The molecular weight excluding hydrogens is 494 g/mol. The van der Waals surface area contributed by atoms with Crippen molar-refractivity contribution in [2.45, 2.75) is 180 Å². The van der Waals surface area contributed by atoms with Crippen molar-refractivity contribution in [3.05, 3.63) is 0 Å². The maximum atomic E-state index is 13.1. The van der Waals surface area contributed by atoms with E-state index in [1.807, 2.05) is 0 Å². The van der Waals surface area contributed by atoms with Crippen molar-refractivity contribution >= 4 is 23.5 Å². The third-order valence-electron chi connectivity index (χ3n) is 7.34. The Kier molecular flexibility index (Phi) is 28.1. The monoisotopic (exact) mass is 555 g/mol. The summed E-state index contributed by atoms with van der Waals surface area (Å²) >= 11 is 0. The average molecular weight is 556 g/mol. The molecule has 230 valence electrons. The van der Waals surface area contributed by atoms with E-state index >= 15 is 0 Å². The fourth-order valence-corrected chi connectivity index (χ4v) is 4.79. The molecule has 0 unspecified atom stereocenters. The highest BCUT2D eigenvalue weighted by atomic mass is 16.6. The predicted octanol–water partition coefficient (Wildman–Crippen LogP) is 9.04. The van der Waals surface area contributed by atoms with Gasteiger partial charge in [0.15, 0.2) is 22.9 Å². The SMILES string of the molecule is CCCCCCCCCC(=O)C(N)(C(=O)CCCCCCCCC)C(=O)CCCCCCCCC.O=C(O)O. The summed E-state index contributed by atoms with van der Waals surface area (Å²) in [5.74, 6) is -1.02. The molecule has 0 aliphatic carbocycles. The summed E-state index contributed by atoms with van der Waals surface area (Å²) < 4.78 is 0. The fourth-order valence-electron chi connectivity index (χ4n) is 4.79. The Bertz CT molecular complexity index is 556. The number of hydrogen-bond acceptors (Lipinski definition) is 5. The van der Waals surface area contributed by atoms with Crippen LogP contribution in [0.3, 0.4) is 0 Å². The van der Waals surface area contributed by atoms with Crippen LogP contribution in [-0.4, -0.2) is 39.3 Å². The lowest BCUT2D eigenvalue weighted by atomic mass is 9.79. The van der Waals surface area contributed by atoms with Crippen LogP contribution < -0.4 is 5.73 Å². The minimum absolute atomic E-state index is 0.246. The number of rotatable bonds is 27. The van der Waals surface area contributed by atoms with E-state index in [0.717, 1.165) is 57.8 Å². The summed E-state index contributed by atoms with van der Waals surface area (Å²) in [6, 6.07) is 0. The molecule has 0 aromatic heterocycles. The van der Waals surface area contributed by atoms with Gasteiger partial charge in [-0.05, 0) is 19.3 Å². The maximum absolute atomic E-state index is 13.1. The van der Waals surface area contributed by atoms with Gasteiger partial charge in [0.2, 0.25) is 0 Å². The Balaban J connectivity index is 0. The van der Waals surface area contributed by atoms with Gasteiger partial charge < -0.3 is 15.9 Å². The molecule has 0 saturated heterocycles. The molecular formula is C32H61NO6. The number of unbranched alkanes of at least 4 members (excludes halogenated alkanes) is 18. The fraction of sp³-hybridized carbons (Fsp3) is 0.875. The highest BCUT2D eigenvalue weighted by molar-refractivity contribution is 6.29. The molecule has 0 rings (SSSR count). The van der Waals surface area contributed by atoms with Crippen LogP contribution in [0.25, 0.3) is 0 Å². The van der Waals surface area contributed by atoms with E-state index in [-0.39, 0.29) is 36.6 Å². The second-order valence-corrected chi connectivity index (χ2v) is 11.0. The van der Waals surface area contributed by atoms with Crippen molar-refractivity contribution < 1.29 is 29.4 Å². The van der Waals surface area contributed by atoms with Gasteiger partial charge in [0.25, 0.3) is 0 Å². The lowest BCUT2D eigenvalue weighted by molar-refractivity contribution is -0.142. The molecule has 0 aromatic carbocycles. The Morgan fingerprint density at radius 2 is 0.615 bits per heavy atom. The number of hydrogen-bond donors (Lipinski definition) is 3. The molecule has 0 heterocycles. The molecule has 0 radical (unpaired) electrons. The first-order valence-electron chi connectivity index (χ1n) is 16.0. The molecule has 0 aliphatic heterocycles. The highest BCUT2D eigenvalue weighted by Crippen LogP contribution is 2.21. The van der Waals surface area contributed by atoms with Crippen LogP contribution >= 0.6 is 0 Å². The number of carbonyl (C=O) groups excluding carboxylic acids is 3. The van der Waals surface area contributed by atoms with Crippen molar-refractivity contribution in [3.8, 4) is 0 Å². The van der Waals surface area contributed by atoms with Gasteiger partial charge in [-0.1, -0.05) is 136 Å². The minimum atomic E-state index is -1.91. The number of ketones is 3. The van der Waals surface area contributed by atoms with Crippen LogP contribution in [0.2, 0.25) is 0 Å². The van der Waals surface area contributed by atoms with Crippen LogP contribution in [0.15, 0.2) is 0 Å². The molecule has 0 bridgehead atoms. The van der Waals surface area contributed by atoms with Crippen LogP contribution in [0.5, 0.6) is 0 Å². The topological polar surface area (TPSA) is 135 Å². The number of Topliss-reactive ketones (excluding diaryl/α,β-unsaturated/α-hetero) is 3. The predicted molar refractivity (Wildman–Crippen MR) is 160 cm³/mol. The van der Waals surface area contributed by atoms with E-state index in [2.05, 4.69) is 20.8 Å². The van der Waals surface area contributed by atoms with Gasteiger partial charge in [0.1, 0.15) is 0 Å². The summed E-state index contributed by atoms with van der Waals surface area (Å²) in [6.07, 6.45) is 21.9. The van der Waals surface area contributed by atoms with Gasteiger partial charge in [-0.15, -0.1) is 0 Å². The van der Waals surface area contributed by atoms with E-state index in [1.165, 1.54) is 77.0 Å². The van der Waals surface area contributed by atoms with Crippen molar-refractivity contribution in [2.75, 3.05) is 0 Å². The van der Waals surface area contributed by atoms with E-state index in [0.29, 0.717) is 0 Å². The van der Waals surface area contributed by atoms with Crippen LogP contribution in [0, 0.1) is 0 Å². The molecule has 0 saturated carbocycles. The number of carbonyl (C=O) groups is 4. The third kappa shape index (κ3) is 22.7. The van der Waals surface area contributed by atoms with Gasteiger partial charge in [-0.25, -0.2) is 4.79 Å². The molecule has 0 fully saturated rings. The molecule has 7 nitrogen and oxygen atoms in total. The van der Waals surface area contributed by atoms with Crippen molar-refractivity contribution in [1.82, 2.24) is 0 Å². The summed E-state index contributed by atoms with van der Waals surface area (Å²) in [7, 11) is 0. The second-order valence-electron chi connectivity index (χ2n) is 11.0. The van der Waals surface area contributed by atoms with Crippen molar-refractivity contribution in [3.63, 3.8) is 0 Å². The largest absolute Gasteiger partial charge is 0.503 e. The van der Waals surface area contributed by atoms with E-state index < -0.39 is 11.7 Å². The molecule has 39 heavy (non-hydrogen) atoms. The number of nitrogens with two attached hydrogens (primary N) is 1. The van der Waals surface area contributed by atoms with E-state index in [4.69, 9.17) is 20.7 Å². The minimum Gasteiger partial charge on any atom is -0.450 e. The molecule has 0 amide bonds. The van der Waals surface area contributed by atoms with Gasteiger partial charge in [-0.3, -0.25) is 14.4 Å². The van der Waals surface area contributed by atoms with Gasteiger partial charge in [-0.2, -0.15) is 0 Å². The third-order valence-corrected chi connectivity index (χ3v) is 7.34. The van der Waals surface area contributed by atoms with Crippen LogP contribution in [0.4, 0.5) is 4.79 Å². The normalized spacial score (nSPS) is 11.1. The average Bonchev–Trinajstić information content (AvgIpc) is 2.90. The number of carboxylic acid groups (broad SMARTS) is 2. The van der Waals surface area contributed by atoms with Gasteiger partial charge >= 0.3 is 6.16 Å². The smallest absolute Gasteiger partial charge is 0.450 e.